The SMILES string of the molecule is COc1cc(OC)c(C2(N)CC2)cn1. The van der Waals surface area contributed by atoms with Crippen molar-refractivity contribution in [3.05, 3.63) is 17.8 Å². The van der Waals surface area contributed by atoms with Crippen LogP contribution < -0.4 is 15.2 Å². The first-order chi connectivity index (χ1) is 6.69. The van der Waals surface area contributed by atoms with Crippen LogP contribution in [0.2, 0.25) is 0 Å². The van der Waals surface area contributed by atoms with Crippen LogP contribution in [0.3, 0.4) is 0 Å². The molecule has 0 spiro atoms. The van der Waals surface area contributed by atoms with Gasteiger partial charge in [0.25, 0.3) is 0 Å². The van der Waals surface area contributed by atoms with Crippen molar-refractivity contribution in [1.82, 2.24) is 4.98 Å². The Hall–Kier alpha value is -1.29. The summed E-state index contributed by atoms with van der Waals surface area (Å²) in [5.74, 6) is 1.31. The molecule has 0 saturated heterocycles. The Morgan fingerprint density at radius 1 is 1.36 bits per heavy atom. The summed E-state index contributed by atoms with van der Waals surface area (Å²) in [5.41, 5.74) is 6.83. The molecule has 2 rings (SSSR count). The van der Waals surface area contributed by atoms with Crippen molar-refractivity contribution in [3.8, 4) is 11.6 Å². The van der Waals surface area contributed by atoms with Crippen molar-refractivity contribution >= 4 is 0 Å². The van der Waals surface area contributed by atoms with E-state index in [2.05, 4.69) is 4.98 Å². The van der Waals surface area contributed by atoms with Crippen molar-refractivity contribution < 1.29 is 9.47 Å². The maximum Gasteiger partial charge on any atom is 0.216 e. The van der Waals surface area contributed by atoms with Crippen LogP contribution >= 0.6 is 0 Å². The minimum Gasteiger partial charge on any atom is -0.496 e. The second kappa shape index (κ2) is 3.13. The Morgan fingerprint density at radius 2 is 2.07 bits per heavy atom. The molecule has 0 unspecified atom stereocenters. The van der Waals surface area contributed by atoms with Gasteiger partial charge in [0.2, 0.25) is 5.88 Å². The van der Waals surface area contributed by atoms with E-state index in [-0.39, 0.29) is 5.54 Å². The fourth-order valence-electron chi connectivity index (χ4n) is 1.48. The van der Waals surface area contributed by atoms with Gasteiger partial charge in [-0.15, -0.1) is 0 Å². The van der Waals surface area contributed by atoms with Crippen LogP contribution in [0.25, 0.3) is 0 Å². The fraction of sp³-hybridized carbons (Fsp3) is 0.500. The molecule has 0 amide bonds. The molecule has 1 heterocycles. The monoisotopic (exact) mass is 194 g/mol. The fourth-order valence-corrected chi connectivity index (χ4v) is 1.48. The summed E-state index contributed by atoms with van der Waals surface area (Å²) < 4.78 is 10.3. The number of hydrogen-bond acceptors (Lipinski definition) is 4. The molecule has 1 aromatic rings. The lowest BCUT2D eigenvalue weighted by Gasteiger charge is -2.14. The van der Waals surface area contributed by atoms with Gasteiger partial charge in [-0.2, -0.15) is 0 Å². The van der Waals surface area contributed by atoms with E-state index in [4.69, 9.17) is 15.2 Å². The molecule has 0 atom stereocenters. The molecule has 1 saturated carbocycles. The second-order valence-electron chi connectivity index (χ2n) is 3.58. The first-order valence-electron chi connectivity index (χ1n) is 4.57. The smallest absolute Gasteiger partial charge is 0.216 e. The zero-order chi connectivity index (χ0) is 10.2. The van der Waals surface area contributed by atoms with Crippen molar-refractivity contribution in [2.45, 2.75) is 18.4 Å². The van der Waals surface area contributed by atoms with E-state index >= 15 is 0 Å². The summed E-state index contributed by atoms with van der Waals surface area (Å²) in [6.45, 7) is 0. The second-order valence-corrected chi connectivity index (χ2v) is 3.58. The summed E-state index contributed by atoms with van der Waals surface area (Å²) in [4.78, 5) is 4.13. The van der Waals surface area contributed by atoms with Crippen LogP contribution in [0.5, 0.6) is 11.6 Å². The predicted octanol–water partition coefficient (Wildman–Crippen LogP) is 1.05. The molecule has 1 aromatic heterocycles. The van der Waals surface area contributed by atoms with Gasteiger partial charge in [-0.05, 0) is 12.8 Å². The van der Waals surface area contributed by atoms with E-state index in [1.54, 1.807) is 26.5 Å². The minimum absolute atomic E-state index is 0.218. The van der Waals surface area contributed by atoms with Crippen LogP contribution in [0.15, 0.2) is 12.3 Å². The topological polar surface area (TPSA) is 57.4 Å². The summed E-state index contributed by atoms with van der Waals surface area (Å²) in [7, 11) is 3.21. The molecular formula is C10H14N2O2. The number of pyridine rings is 1. The van der Waals surface area contributed by atoms with Crippen LogP contribution in [0.1, 0.15) is 18.4 Å². The first-order valence-corrected chi connectivity index (χ1v) is 4.57. The summed E-state index contributed by atoms with van der Waals surface area (Å²) >= 11 is 0. The highest BCUT2D eigenvalue weighted by atomic mass is 16.5. The van der Waals surface area contributed by atoms with Gasteiger partial charge in [0.15, 0.2) is 0 Å². The van der Waals surface area contributed by atoms with Gasteiger partial charge in [0.1, 0.15) is 5.75 Å². The zero-order valence-corrected chi connectivity index (χ0v) is 8.41. The van der Waals surface area contributed by atoms with E-state index in [0.29, 0.717) is 5.88 Å². The van der Waals surface area contributed by atoms with Gasteiger partial charge >= 0.3 is 0 Å². The standard InChI is InChI=1S/C10H14N2O2/c1-13-8-5-9(14-2)12-6-7(8)10(11)3-4-10/h5-6H,3-4,11H2,1-2H3. The van der Waals surface area contributed by atoms with Crippen LogP contribution in [-0.2, 0) is 5.54 Å². The molecule has 1 aliphatic carbocycles. The molecule has 0 bridgehead atoms. The van der Waals surface area contributed by atoms with Gasteiger partial charge in [0, 0.05) is 23.4 Å². The highest BCUT2D eigenvalue weighted by molar-refractivity contribution is 5.42. The largest absolute Gasteiger partial charge is 0.496 e. The third-order valence-electron chi connectivity index (χ3n) is 2.60. The van der Waals surface area contributed by atoms with Crippen molar-refractivity contribution in [2.24, 2.45) is 5.73 Å². The van der Waals surface area contributed by atoms with Gasteiger partial charge in [-0.3, -0.25) is 0 Å². The Labute approximate surface area is 83.0 Å². The average Bonchev–Trinajstić information content (AvgIpc) is 2.96. The van der Waals surface area contributed by atoms with Gasteiger partial charge in [-0.1, -0.05) is 0 Å². The number of ether oxygens (including phenoxy) is 2. The quantitative estimate of drug-likeness (QED) is 0.781. The number of methoxy groups -OCH3 is 2. The molecule has 76 valence electrons. The Balaban J connectivity index is 2.40. The van der Waals surface area contributed by atoms with Crippen LogP contribution in [-0.4, -0.2) is 19.2 Å². The normalized spacial score (nSPS) is 17.6. The predicted molar refractivity (Wildman–Crippen MR) is 52.4 cm³/mol. The molecule has 4 heteroatoms. The van der Waals surface area contributed by atoms with Crippen molar-refractivity contribution in [1.29, 1.82) is 0 Å². The zero-order valence-electron chi connectivity index (χ0n) is 8.41. The highest BCUT2D eigenvalue weighted by Crippen LogP contribution is 2.46. The van der Waals surface area contributed by atoms with Crippen molar-refractivity contribution in [2.75, 3.05) is 14.2 Å². The molecule has 0 radical (unpaired) electrons. The van der Waals surface area contributed by atoms with Crippen molar-refractivity contribution in [3.63, 3.8) is 0 Å². The molecule has 14 heavy (non-hydrogen) atoms. The van der Waals surface area contributed by atoms with E-state index in [1.165, 1.54) is 0 Å². The number of nitrogens with zero attached hydrogens (tertiary/aromatic N) is 1. The summed E-state index contributed by atoms with van der Waals surface area (Å²) in [5, 5.41) is 0. The summed E-state index contributed by atoms with van der Waals surface area (Å²) in [6.07, 6.45) is 3.74. The van der Waals surface area contributed by atoms with E-state index in [9.17, 15) is 0 Å². The third kappa shape index (κ3) is 1.42. The number of rotatable bonds is 3. The van der Waals surface area contributed by atoms with Crippen LogP contribution in [0, 0.1) is 0 Å². The molecule has 1 aliphatic rings. The van der Waals surface area contributed by atoms with E-state index < -0.39 is 0 Å². The van der Waals surface area contributed by atoms with Gasteiger partial charge in [0.05, 0.1) is 14.2 Å². The van der Waals surface area contributed by atoms with Gasteiger partial charge < -0.3 is 15.2 Å². The lowest BCUT2D eigenvalue weighted by atomic mass is 10.1. The number of nitrogens with two attached hydrogens (primary N) is 1. The van der Waals surface area contributed by atoms with Gasteiger partial charge in [-0.25, -0.2) is 4.98 Å². The average molecular weight is 194 g/mol. The van der Waals surface area contributed by atoms with E-state index in [1.807, 2.05) is 0 Å². The maximum atomic E-state index is 6.07. The first kappa shape index (κ1) is 9.27. The molecule has 0 aliphatic heterocycles. The Kier molecular flexibility index (Phi) is 2.07. The van der Waals surface area contributed by atoms with E-state index in [0.717, 1.165) is 24.2 Å². The molecule has 2 N–H and O–H groups in total. The molecular weight excluding hydrogens is 180 g/mol. The lowest BCUT2D eigenvalue weighted by molar-refractivity contribution is 0.376. The lowest BCUT2D eigenvalue weighted by Crippen LogP contribution is -2.20. The minimum atomic E-state index is -0.218. The maximum absolute atomic E-state index is 6.07. The number of aromatic nitrogens is 1. The highest BCUT2D eigenvalue weighted by Gasteiger charge is 2.42. The number of hydrogen-bond donors (Lipinski definition) is 1. The van der Waals surface area contributed by atoms with Crippen LogP contribution in [0.4, 0.5) is 0 Å². The Bertz CT molecular complexity index is 348. The third-order valence-corrected chi connectivity index (χ3v) is 2.60. The molecule has 0 aromatic carbocycles. The molecule has 1 fully saturated rings. The Morgan fingerprint density at radius 3 is 2.57 bits per heavy atom. The molecule has 4 nitrogen and oxygen atoms in total. The summed E-state index contributed by atoms with van der Waals surface area (Å²) in [6, 6.07) is 1.77.